The molecule has 2 aromatic heterocycles. The molecule has 2 aliphatic heterocycles. The van der Waals surface area contributed by atoms with Crippen LogP contribution >= 0.6 is 11.3 Å². The monoisotopic (exact) mass is 499 g/mol. The predicted octanol–water partition coefficient (Wildman–Crippen LogP) is 4.74. The van der Waals surface area contributed by atoms with Crippen LogP contribution < -0.4 is 14.4 Å². The zero-order valence-corrected chi connectivity index (χ0v) is 20.9. The third kappa shape index (κ3) is 4.07. The molecule has 0 fully saturated rings. The van der Waals surface area contributed by atoms with Crippen molar-refractivity contribution in [1.29, 1.82) is 0 Å². The molecule has 1 amide bonds. The zero-order chi connectivity index (χ0) is 24.8. The summed E-state index contributed by atoms with van der Waals surface area (Å²) in [7, 11) is 1.88. The normalized spacial score (nSPS) is 13.8. The topological polar surface area (TPSA) is 73.7 Å². The number of thiazole rings is 1. The molecule has 36 heavy (non-hydrogen) atoms. The number of hydrogen-bond acceptors (Lipinski definition) is 6. The highest BCUT2D eigenvalue weighted by Crippen LogP contribution is 2.36. The van der Waals surface area contributed by atoms with Crippen LogP contribution in [0.3, 0.4) is 0 Å². The fourth-order valence-corrected chi connectivity index (χ4v) is 5.87. The maximum Gasteiger partial charge on any atom is 0.274 e. The summed E-state index contributed by atoms with van der Waals surface area (Å²) in [5, 5.41) is 0.814. The van der Waals surface area contributed by atoms with E-state index in [4.69, 9.17) is 14.5 Å². The second-order valence-electron chi connectivity index (χ2n) is 9.15. The van der Waals surface area contributed by atoms with Gasteiger partial charge in [0.05, 0.1) is 12.1 Å². The summed E-state index contributed by atoms with van der Waals surface area (Å²) >= 11 is 1.56. The molecule has 0 saturated heterocycles. The van der Waals surface area contributed by atoms with E-state index in [0.717, 1.165) is 44.4 Å². The van der Waals surface area contributed by atoms with Gasteiger partial charge in [0.1, 0.15) is 16.5 Å². The number of carbonyl (C=O) groups excluding carboxylic acids is 2. The fraction of sp³-hybridized carbons (Fsp3) is 0.250. The molecule has 4 heterocycles. The van der Waals surface area contributed by atoms with Crippen molar-refractivity contribution in [2.45, 2.75) is 26.2 Å². The Morgan fingerprint density at radius 1 is 1.06 bits per heavy atom. The number of rotatable bonds is 6. The lowest BCUT2D eigenvalue weighted by Gasteiger charge is -2.18. The van der Waals surface area contributed by atoms with Crippen LogP contribution in [0.15, 0.2) is 54.7 Å². The summed E-state index contributed by atoms with van der Waals surface area (Å²) in [6.07, 6.45) is 3.32. The first-order chi connectivity index (χ1) is 17.5. The highest BCUT2D eigenvalue weighted by molar-refractivity contribution is 7.12. The van der Waals surface area contributed by atoms with Gasteiger partial charge in [-0.05, 0) is 60.9 Å². The number of ketones is 1. The average Bonchev–Trinajstić information content (AvgIpc) is 3.64. The molecule has 0 spiro atoms. The molecule has 4 aromatic rings. The Hall–Kier alpha value is -3.91. The first kappa shape index (κ1) is 22.5. The van der Waals surface area contributed by atoms with Gasteiger partial charge >= 0.3 is 0 Å². The van der Waals surface area contributed by atoms with Crippen LogP contribution in [-0.2, 0) is 31.1 Å². The van der Waals surface area contributed by atoms with Crippen LogP contribution in [0.1, 0.15) is 31.5 Å². The lowest BCUT2D eigenvalue weighted by Crippen LogP contribution is -2.30. The van der Waals surface area contributed by atoms with Gasteiger partial charge in [-0.25, -0.2) is 4.98 Å². The molecule has 0 saturated carbocycles. The minimum atomic E-state index is 0.0158. The number of benzene rings is 2. The molecule has 0 N–H and O–H groups in total. The molecular formula is C28H25N3O4S. The van der Waals surface area contributed by atoms with Crippen molar-refractivity contribution < 1.29 is 19.1 Å². The van der Waals surface area contributed by atoms with Crippen LogP contribution in [0.25, 0.3) is 11.3 Å². The van der Waals surface area contributed by atoms with Crippen LogP contribution in [0.4, 0.5) is 5.69 Å². The van der Waals surface area contributed by atoms with Gasteiger partial charge in [-0.2, -0.15) is 0 Å². The van der Waals surface area contributed by atoms with E-state index in [2.05, 4.69) is 6.07 Å². The molecule has 7 nitrogen and oxygen atoms in total. The lowest BCUT2D eigenvalue weighted by molar-refractivity contribution is -0.117. The Morgan fingerprint density at radius 2 is 1.92 bits per heavy atom. The smallest absolute Gasteiger partial charge is 0.274 e. The van der Waals surface area contributed by atoms with Gasteiger partial charge in [-0.1, -0.05) is 12.1 Å². The third-order valence-corrected chi connectivity index (χ3v) is 7.65. The molecule has 0 aliphatic carbocycles. The SMILES string of the molecule is Cc1sc(CC(=O)Cc2ccc3c(c2)OCO3)nc1-c1ccc2c(c1)CCN2C(=O)c1cccn1C. The van der Waals surface area contributed by atoms with E-state index in [1.54, 1.807) is 11.3 Å². The first-order valence-electron chi connectivity index (χ1n) is 11.9. The van der Waals surface area contributed by atoms with E-state index < -0.39 is 0 Å². The van der Waals surface area contributed by atoms with E-state index in [1.807, 2.05) is 72.1 Å². The van der Waals surface area contributed by atoms with Gasteiger partial charge in [0.15, 0.2) is 11.5 Å². The summed E-state index contributed by atoms with van der Waals surface area (Å²) in [6.45, 7) is 2.92. The number of nitrogens with zero attached hydrogens (tertiary/aromatic N) is 3. The van der Waals surface area contributed by atoms with Gasteiger partial charge in [0.25, 0.3) is 5.91 Å². The summed E-state index contributed by atoms with van der Waals surface area (Å²) in [6, 6.07) is 15.5. The molecule has 0 bridgehead atoms. The van der Waals surface area contributed by atoms with Gasteiger partial charge in [-0.15, -0.1) is 11.3 Å². The Balaban J connectivity index is 1.17. The number of ether oxygens (including phenoxy) is 2. The molecular weight excluding hydrogens is 474 g/mol. The number of aromatic nitrogens is 2. The van der Waals surface area contributed by atoms with Crippen molar-refractivity contribution in [3.63, 3.8) is 0 Å². The second-order valence-corrected chi connectivity index (χ2v) is 10.4. The van der Waals surface area contributed by atoms with Crippen LogP contribution in [0.2, 0.25) is 0 Å². The third-order valence-electron chi connectivity index (χ3n) is 6.68. The molecule has 182 valence electrons. The van der Waals surface area contributed by atoms with Crippen molar-refractivity contribution in [1.82, 2.24) is 9.55 Å². The molecule has 6 rings (SSSR count). The minimum Gasteiger partial charge on any atom is -0.454 e. The van der Waals surface area contributed by atoms with Gasteiger partial charge in [-0.3, -0.25) is 9.59 Å². The van der Waals surface area contributed by atoms with E-state index in [1.165, 1.54) is 0 Å². The minimum absolute atomic E-state index is 0.0158. The van der Waals surface area contributed by atoms with E-state index in [-0.39, 0.29) is 18.5 Å². The van der Waals surface area contributed by atoms with Crippen LogP contribution in [-0.4, -0.2) is 34.6 Å². The van der Waals surface area contributed by atoms with Gasteiger partial charge < -0.3 is 18.9 Å². The van der Waals surface area contributed by atoms with Gasteiger partial charge in [0, 0.05) is 42.3 Å². The van der Waals surface area contributed by atoms with E-state index in [9.17, 15) is 9.59 Å². The van der Waals surface area contributed by atoms with Crippen molar-refractivity contribution in [2.24, 2.45) is 7.05 Å². The van der Waals surface area contributed by atoms with Crippen molar-refractivity contribution in [2.75, 3.05) is 18.2 Å². The van der Waals surface area contributed by atoms with Crippen molar-refractivity contribution >= 4 is 28.7 Å². The molecule has 2 aliphatic rings. The zero-order valence-electron chi connectivity index (χ0n) is 20.1. The summed E-state index contributed by atoms with van der Waals surface area (Å²) in [5.41, 5.74) is 5.61. The number of Topliss-reactive ketones (excluding diaryl/α,β-unsaturated/α-hetero) is 1. The number of aryl methyl sites for hydroxylation is 2. The molecule has 2 aromatic carbocycles. The Morgan fingerprint density at radius 3 is 2.75 bits per heavy atom. The standard InChI is InChI=1S/C28H25N3O4S/c1-17-27(29-26(36-17)15-21(32)12-18-5-8-24-25(13-18)35-16-34-24)20-6-7-22-19(14-20)9-11-31(22)28(33)23-4-3-10-30(23)2/h3-8,10,13-14H,9,11-12,15-16H2,1-2H3. The molecule has 0 atom stereocenters. The summed E-state index contributed by atoms with van der Waals surface area (Å²) in [4.78, 5) is 33.6. The van der Waals surface area contributed by atoms with Crippen molar-refractivity contribution in [3.05, 3.63) is 81.4 Å². The largest absolute Gasteiger partial charge is 0.454 e. The van der Waals surface area contributed by atoms with Crippen LogP contribution in [0.5, 0.6) is 11.5 Å². The highest BCUT2D eigenvalue weighted by atomic mass is 32.1. The number of hydrogen-bond donors (Lipinski definition) is 0. The Kier molecular flexibility index (Phi) is 5.60. The maximum atomic E-state index is 13.0. The number of anilines is 1. The number of fused-ring (bicyclic) bond motifs is 2. The first-order valence-corrected chi connectivity index (χ1v) is 12.7. The number of amides is 1. The second kappa shape index (κ2) is 8.95. The number of carbonyl (C=O) groups is 2. The maximum absolute atomic E-state index is 13.0. The summed E-state index contributed by atoms with van der Waals surface area (Å²) < 4.78 is 12.6. The average molecular weight is 500 g/mol. The molecule has 0 unspecified atom stereocenters. The fourth-order valence-electron chi connectivity index (χ4n) is 4.89. The summed E-state index contributed by atoms with van der Waals surface area (Å²) in [5.74, 6) is 1.53. The highest BCUT2D eigenvalue weighted by Gasteiger charge is 2.27. The lowest BCUT2D eigenvalue weighted by atomic mass is 10.1. The predicted molar refractivity (Wildman–Crippen MR) is 138 cm³/mol. The van der Waals surface area contributed by atoms with Crippen LogP contribution in [0, 0.1) is 6.92 Å². The Labute approximate surface area is 212 Å². The van der Waals surface area contributed by atoms with Gasteiger partial charge in [0.2, 0.25) is 6.79 Å². The Bertz CT molecular complexity index is 1500. The van der Waals surface area contributed by atoms with E-state index >= 15 is 0 Å². The van der Waals surface area contributed by atoms with E-state index in [0.29, 0.717) is 36.6 Å². The molecule has 0 radical (unpaired) electrons. The molecule has 8 heteroatoms. The quantitative estimate of drug-likeness (QED) is 0.383. The van der Waals surface area contributed by atoms with Crippen molar-refractivity contribution in [3.8, 4) is 22.8 Å².